The van der Waals surface area contributed by atoms with E-state index in [1.807, 2.05) is 4.98 Å². The zero-order valence-corrected chi connectivity index (χ0v) is 13.2. The second-order valence-corrected chi connectivity index (χ2v) is 6.12. The quantitative estimate of drug-likeness (QED) is 0.844. The zero-order valence-electron chi connectivity index (χ0n) is 11.6. The van der Waals surface area contributed by atoms with Gasteiger partial charge in [-0.1, -0.05) is 17.7 Å². The van der Waals surface area contributed by atoms with E-state index in [9.17, 15) is 22.2 Å². The molecule has 0 saturated carbocycles. The minimum absolute atomic E-state index is 0.243. The minimum Gasteiger partial charge on any atom is -0.496 e. The maximum atomic E-state index is 12.7. The Kier molecular flexibility index (Phi) is 5.10. The van der Waals surface area contributed by atoms with E-state index in [1.54, 1.807) is 12.1 Å². The lowest BCUT2D eigenvalue weighted by atomic mass is 10.2. The van der Waals surface area contributed by atoms with E-state index in [0.717, 1.165) is 0 Å². The van der Waals surface area contributed by atoms with Gasteiger partial charge < -0.3 is 4.74 Å². The van der Waals surface area contributed by atoms with Crippen LogP contribution in [0.5, 0.6) is 5.75 Å². The lowest BCUT2D eigenvalue weighted by molar-refractivity contribution is -0.141. The van der Waals surface area contributed by atoms with Crippen LogP contribution >= 0.6 is 11.6 Å². The standard InChI is InChI=1S/C13H10ClF3N2O3S/c1-22-9-4-2-3-8(14)7(9)6-23(21)12-18-10(13(15,16)17)5-11(20)19-12/h2-5H,6H2,1H3,(H,18,19,20). The van der Waals surface area contributed by atoms with Crippen molar-refractivity contribution in [2.24, 2.45) is 0 Å². The van der Waals surface area contributed by atoms with Gasteiger partial charge in [-0.05, 0) is 12.1 Å². The lowest BCUT2D eigenvalue weighted by Crippen LogP contribution is -2.19. The molecule has 2 rings (SSSR count). The van der Waals surface area contributed by atoms with Crippen molar-refractivity contribution in [2.45, 2.75) is 17.1 Å². The Morgan fingerprint density at radius 1 is 1.39 bits per heavy atom. The molecule has 1 aromatic heterocycles. The fourth-order valence-corrected chi connectivity index (χ4v) is 3.18. The molecule has 0 fully saturated rings. The third kappa shape index (κ3) is 4.11. The van der Waals surface area contributed by atoms with Gasteiger partial charge in [0.15, 0.2) is 10.9 Å². The van der Waals surface area contributed by atoms with Crippen LogP contribution < -0.4 is 10.3 Å². The van der Waals surface area contributed by atoms with E-state index in [1.165, 1.54) is 13.2 Å². The number of aromatic amines is 1. The molecule has 124 valence electrons. The number of nitrogens with zero attached hydrogens (tertiary/aromatic N) is 1. The van der Waals surface area contributed by atoms with E-state index in [0.29, 0.717) is 17.4 Å². The molecular weight excluding hydrogens is 357 g/mol. The number of ether oxygens (including phenoxy) is 1. The molecule has 0 bridgehead atoms. The number of hydrogen-bond donors (Lipinski definition) is 1. The molecule has 1 atom stereocenters. The molecule has 0 spiro atoms. The number of aromatic nitrogens is 2. The molecule has 5 nitrogen and oxygen atoms in total. The van der Waals surface area contributed by atoms with Gasteiger partial charge in [0, 0.05) is 16.7 Å². The van der Waals surface area contributed by atoms with Crippen LogP contribution in [0.15, 0.2) is 34.2 Å². The van der Waals surface area contributed by atoms with Crippen molar-refractivity contribution in [1.82, 2.24) is 9.97 Å². The maximum Gasteiger partial charge on any atom is 0.433 e. The van der Waals surface area contributed by atoms with Crippen molar-refractivity contribution in [1.29, 1.82) is 0 Å². The summed E-state index contributed by atoms with van der Waals surface area (Å²) < 4.78 is 55.3. The normalized spacial score (nSPS) is 12.9. The Hall–Kier alpha value is -1.87. The van der Waals surface area contributed by atoms with Gasteiger partial charge in [0.05, 0.1) is 23.7 Å². The number of H-pyrrole nitrogens is 1. The zero-order chi connectivity index (χ0) is 17.2. The van der Waals surface area contributed by atoms with Gasteiger partial charge in [-0.2, -0.15) is 13.2 Å². The molecule has 2 aromatic rings. The molecule has 1 aromatic carbocycles. The second kappa shape index (κ2) is 6.71. The van der Waals surface area contributed by atoms with Crippen LogP contribution in [0.25, 0.3) is 0 Å². The molecule has 0 aliphatic rings. The summed E-state index contributed by atoms with van der Waals surface area (Å²) >= 11 is 5.99. The summed E-state index contributed by atoms with van der Waals surface area (Å²) in [5.41, 5.74) is -2.10. The van der Waals surface area contributed by atoms with Gasteiger partial charge >= 0.3 is 6.18 Å². The summed E-state index contributed by atoms with van der Waals surface area (Å²) in [6.07, 6.45) is -4.81. The third-order valence-corrected chi connectivity index (χ3v) is 4.33. The number of halogens is 4. The number of methoxy groups -OCH3 is 1. The molecule has 0 saturated heterocycles. The molecule has 23 heavy (non-hydrogen) atoms. The van der Waals surface area contributed by atoms with E-state index >= 15 is 0 Å². The fourth-order valence-electron chi connectivity index (χ4n) is 1.76. The highest BCUT2D eigenvalue weighted by molar-refractivity contribution is 7.84. The van der Waals surface area contributed by atoms with Gasteiger partial charge in [0.2, 0.25) is 0 Å². The average Bonchev–Trinajstić information content (AvgIpc) is 2.47. The first-order valence-electron chi connectivity index (χ1n) is 6.10. The predicted molar refractivity (Wildman–Crippen MR) is 78.0 cm³/mol. The van der Waals surface area contributed by atoms with Crippen molar-refractivity contribution >= 4 is 22.4 Å². The molecule has 1 heterocycles. The molecule has 0 radical (unpaired) electrons. The van der Waals surface area contributed by atoms with E-state index < -0.39 is 33.4 Å². The van der Waals surface area contributed by atoms with Crippen molar-refractivity contribution in [3.05, 3.63) is 50.9 Å². The fraction of sp³-hybridized carbons (Fsp3) is 0.231. The molecule has 10 heteroatoms. The first-order valence-corrected chi connectivity index (χ1v) is 7.80. The lowest BCUT2D eigenvalue weighted by Gasteiger charge is -2.10. The minimum atomic E-state index is -4.81. The highest BCUT2D eigenvalue weighted by Crippen LogP contribution is 2.29. The number of benzene rings is 1. The second-order valence-electron chi connectivity index (χ2n) is 4.34. The monoisotopic (exact) mass is 366 g/mol. The maximum absolute atomic E-state index is 12.7. The van der Waals surface area contributed by atoms with Crippen molar-refractivity contribution in [2.75, 3.05) is 7.11 Å². The summed E-state index contributed by atoms with van der Waals surface area (Å²) in [5, 5.41) is -0.334. The summed E-state index contributed by atoms with van der Waals surface area (Å²) in [4.78, 5) is 16.6. The summed E-state index contributed by atoms with van der Waals surface area (Å²) in [7, 11) is -0.666. The molecule has 0 amide bonds. The molecular formula is C13H10ClF3N2O3S. The Labute approximate surface area is 135 Å². The van der Waals surface area contributed by atoms with Gasteiger partial charge in [0.25, 0.3) is 5.56 Å². The number of alkyl halides is 3. The van der Waals surface area contributed by atoms with E-state index in [-0.39, 0.29) is 10.8 Å². The molecule has 1 unspecified atom stereocenters. The van der Waals surface area contributed by atoms with Crippen LogP contribution in [0.3, 0.4) is 0 Å². The smallest absolute Gasteiger partial charge is 0.433 e. The summed E-state index contributed by atoms with van der Waals surface area (Å²) in [6, 6.07) is 5.01. The highest BCUT2D eigenvalue weighted by atomic mass is 35.5. The molecule has 0 aliphatic heterocycles. The first kappa shape index (κ1) is 17.5. The van der Waals surface area contributed by atoms with Crippen LogP contribution in [-0.2, 0) is 22.7 Å². The SMILES string of the molecule is COc1cccc(Cl)c1CS(=O)c1nc(C(F)(F)F)cc(=O)[nH]1. The van der Waals surface area contributed by atoms with Crippen LogP contribution in [-0.4, -0.2) is 21.3 Å². The Balaban J connectivity index is 2.40. The van der Waals surface area contributed by atoms with Crippen molar-refractivity contribution in [3.63, 3.8) is 0 Å². The van der Waals surface area contributed by atoms with Gasteiger partial charge in [-0.3, -0.25) is 14.0 Å². The summed E-state index contributed by atoms with van der Waals surface area (Å²) in [5.74, 6) is 0.0766. The average molecular weight is 367 g/mol. The van der Waals surface area contributed by atoms with Crippen LogP contribution in [0.1, 0.15) is 11.3 Å². The van der Waals surface area contributed by atoms with Crippen molar-refractivity contribution in [3.8, 4) is 5.75 Å². The highest BCUT2D eigenvalue weighted by Gasteiger charge is 2.34. The number of nitrogens with one attached hydrogen (secondary N) is 1. The Morgan fingerprint density at radius 3 is 2.70 bits per heavy atom. The van der Waals surface area contributed by atoms with Gasteiger partial charge in [-0.25, -0.2) is 4.98 Å². The van der Waals surface area contributed by atoms with Crippen LogP contribution in [0, 0.1) is 0 Å². The van der Waals surface area contributed by atoms with E-state index in [2.05, 4.69) is 4.98 Å². The van der Waals surface area contributed by atoms with Gasteiger partial charge in [-0.15, -0.1) is 0 Å². The Bertz CT molecular complexity index is 808. The summed E-state index contributed by atoms with van der Waals surface area (Å²) in [6.45, 7) is 0. The first-order chi connectivity index (χ1) is 10.7. The predicted octanol–water partition coefficient (Wildman–Crippen LogP) is 2.76. The molecule has 0 aliphatic carbocycles. The van der Waals surface area contributed by atoms with Crippen LogP contribution in [0.4, 0.5) is 13.2 Å². The topological polar surface area (TPSA) is 72.0 Å². The number of hydrogen-bond acceptors (Lipinski definition) is 4. The third-order valence-electron chi connectivity index (χ3n) is 2.80. The van der Waals surface area contributed by atoms with Crippen LogP contribution in [0.2, 0.25) is 5.02 Å². The number of rotatable bonds is 4. The van der Waals surface area contributed by atoms with Crippen molar-refractivity contribution < 1.29 is 22.1 Å². The Morgan fingerprint density at radius 2 is 2.09 bits per heavy atom. The van der Waals surface area contributed by atoms with E-state index in [4.69, 9.17) is 16.3 Å². The largest absolute Gasteiger partial charge is 0.496 e. The van der Waals surface area contributed by atoms with Gasteiger partial charge in [0.1, 0.15) is 5.75 Å². The molecule has 1 N–H and O–H groups in total.